The number of carbonyl (C=O) groups is 1. The molecule has 17 heavy (non-hydrogen) atoms. The molecule has 0 radical (unpaired) electrons. The lowest BCUT2D eigenvalue weighted by Gasteiger charge is -2.59. The SMILES string of the molecule is O=C(OC12CC3CC(CC(O)(C3)C1)C2)C(F)F. The first-order valence-electron chi connectivity index (χ1n) is 6.13. The van der Waals surface area contributed by atoms with Crippen molar-refractivity contribution in [2.24, 2.45) is 11.8 Å². The van der Waals surface area contributed by atoms with Crippen molar-refractivity contribution in [3.8, 4) is 0 Å². The first kappa shape index (κ1) is 11.4. The number of rotatable bonds is 2. The fourth-order valence-corrected chi connectivity index (χ4v) is 4.51. The summed E-state index contributed by atoms with van der Waals surface area (Å²) in [7, 11) is 0. The van der Waals surface area contributed by atoms with E-state index in [1.807, 2.05) is 0 Å². The van der Waals surface area contributed by atoms with Crippen LogP contribution in [0.5, 0.6) is 0 Å². The topological polar surface area (TPSA) is 46.5 Å². The van der Waals surface area contributed by atoms with E-state index in [2.05, 4.69) is 0 Å². The number of ether oxygens (including phenoxy) is 1. The van der Waals surface area contributed by atoms with Gasteiger partial charge >= 0.3 is 12.4 Å². The molecule has 0 aliphatic heterocycles. The fourth-order valence-electron chi connectivity index (χ4n) is 4.51. The van der Waals surface area contributed by atoms with Crippen LogP contribution in [0.25, 0.3) is 0 Å². The van der Waals surface area contributed by atoms with Crippen molar-refractivity contribution >= 4 is 5.97 Å². The molecule has 4 rings (SSSR count). The highest BCUT2D eigenvalue weighted by Gasteiger charge is 2.59. The van der Waals surface area contributed by atoms with Crippen LogP contribution in [-0.4, -0.2) is 28.7 Å². The predicted molar refractivity (Wildman–Crippen MR) is 54.5 cm³/mol. The van der Waals surface area contributed by atoms with Crippen molar-refractivity contribution in [1.82, 2.24) is 0 Å². The minimum absolute atomic E-state index is 0.326. The molecule has 4 aliphatic rings. The van der Waals surface area contributed by atoms with E-state index < -0.39 is 23.6 Å². The van der Waals surface area contributed by atoms with Gasteiger partial charge in [0.05, 0.1) is 5.60 Å². The Kier molecular flexibility index (Phi) is 2.28. The average Bonchev–Trinajstić information content (AvgIpc) is 2.11. The molecule has 2 unspecified atom stereocenters. The van der Waals surface area contributed by atoms with E-state index in [4.69, 9.17) is 4.74 Å². The second kappa shape index (κ2) is 3.40. The molecule has 4 bridgehead atoms. The van der Waals surface area contributed by atoms with Crippen molar-refractivity contribution in [2.75, 3.05) is 0 Å². The van der Waals surface area contributed by atoms with Crippen LogP contribution in [0.3, 0.4) is 0 Å². The number of carbonyl (C=O) groups excluding carboxylic acids is 1. The maximum atomic E-state index is 12.3. The third-order valence-corrected chi connectivity index (χ3v) is 4.47. The third-order valence-electron chi connectivity index (χ3n) is 4.47. The summed E-state index contributed by atoms with van der Waals surface area (Å²) in [6, 6.07) is 0. The third kappa shape index (κ3) is 1.84. The van der Waals surface area contributed by atoms with Crippen molar-refractivity contribution < 1.29 is 23.4 Å². The minimum Gasteiger partial charge on any atom is -0.455 e. The van der Waals surface area contributed by atoms with Crippen molar-refractivity contribution in [3.05, 3.63) is 0 Å². The van der Waals surface area contributed by atoms with E-state index in [9.17, 15) is 18.7 Å². The molecule has 4 saturated carbocycles. The molecule has 0 heterocycles. The van der Waals surface area contributed by atoms with Crippen LogP contribution in [0.4, 0.5) is 8.78 Å². The quantitative estimate of drug-likeness (QED) is 0.757. The maximum absolute atomic E-state index is 12.3. The van der Waals surface area contributed by atoms with Gasteiger partial charge in [-0.15, -0.1) is 0 Å². The zero-order valence-corrected chi connectivity index (χ0v) is 9.49. The number of alkyl halides is 2. The van der Waals surface area contributed by atoms with Gasteiger partial charge in [0, 0.05) is 6.42 Å². The van der Waals surface area contributed by atoms with Gasteiger partial charge in [-0.2, -0.15) is 8.78 Å². The Hall–Kier alpha value is -0.710. The van der Waals surface area contributed by atoms with Gasteiger partial charge in [-0.25, -0.2) is 4.79 Å². The molecule has 0 aromatic carbocycles. The van der Waals surface area contributed by atoms with Crippen LogP contribution in [0.15, 0.2) is 0 Å². The molecule has 0 amide bonds. The number of hydrogen-bond donors (Lipinski definition) is 1. The summed E-state index contributed by atoms with van der Waals surface area (Å²) in [5.74, 6) is -0.783. The smallest absolute Gasteiger partial charge is 0.374 e. The molecular weight excluding hydrogens is 230 g/mol. The lowest BCUT2D eigenvalue weighted by Crippen LogP contribution is -2.60. The summed E-state index contributed by atoms with van der Waals surface area (Å²) in [5.41, 5.74) is -1.60. The van der Waals surface area contributed by atoms with Crippen LogP contribution >= 0.6 is 0 Å². The molecule has 96 valence electrons. The summed E-state index contributed by atoms with van der Waals surface area (Å²) in [6.45, 7) is 0. The largest absolute Gasteiger partial charge is 0.455 e. The number of halogens is 2. The van der Waals surface area contributed by atoms with Gasteiger partial charge in [0.25, 0.3) is 0 Å². The monoisotopic (exact) mass is 246 g/mol. The molecule has 0 aromatic rings. The van der Waals surface area contributed by atoms with E-state index in [0.29, 0.717) is 31.1 Å². The van der Waals surface area contributed by atoms with Crippen LogP contribution < -0.4 is 0 Å². The van der Waals surface area contributed by atoms with Crippen molar-refractivity contribution in [3.63, 3.8) is 0 Å². The minimum atomic E-state index is -3.07. The second-order valence-electron chi connectivity index (χ2n) is 6.09. The lowest BCUT2D eigenvalue weighted by atomic mass is 9.52. The van der Waals surface area contributed by atoms with Crippen LogP contribution in [0.2, 0.25) is 0 Å². The standard InChI is InChI=1S/C12H16F2O3/c13-9(14)10(15)17-12-4-7-1-8(5-12)3-11(16,2-7)6-12/h7-9,16H,1-6H2. The Bertz CT molecular complexity index is 342. The predicted octanol–water partition coefficient (Wildman–Crippen LogP) is 1.88. The Balaban J connectivity index is 1.81. The maximum Gasteiger partial charge on any atom is 0.374 e. The molecule has 3 nitrogen and oxygen atoms in total. The fraction of sp³-hybridized carbons (Fsp3) is 0.917. The molecule has 4 fully saturated rings. The first-order valence-corrected chi connectivity index (χ1v) is 6.13. The van der Waals surface area contributed by atoms with Gasteiger partial charge in [0.15, 0.2) is 0 Å². The van der Waals surface area contributed by atoms with Gasteiger partial charge in [-0.05, 0) is 43.9 Å². The number of aliphatic hydroxyl groups is 1. The molecule has 5 heteroatoms. The zero-order valence-electron chi connectivity index (χ0n) is 9.49. The van der Waals surface area contributed by atoms with Crippen molar-refractivity contribution in [2.45, 2.75) is 56.2 Å². The van der Waals surface area contributed by atoms with E-state index in [1.54, 1.807) is 0 Å². The van der Waals surface area contributed by atoms with Crippen LogP contribution in [0, 0.1) is 11.8 Å². The van der Waals surface area contributed by atoms with E-state index in [0.717, 1.165) is 19.3 Å². The highest BCUT2D eigenvalue weighted by Crippen LogP contribution is 2.58. The Morgan fingerprint density at radius 1 is 1.24 bits per heavy atom. The number of esters is 1. The van der Waals surface area contributed by atoms with Crippen LogP contribution in [-0.2, 0) is 9.53 Å². The highest BCUT2D eigenvalue weighted by molar-refractivity contribution is 5.73. The average molecular weight is 246 g/mol. The second-order valence-corrected chi connectivity index (χ2v) is 6.09. The molecule has 0 aromatic heterocycles. The molecule has 4 aliphatic carbocycles. The molecule has 1 N–H and O–H groups in total. The van der Waals surface area contributed by atoms with E-state index in [1.165, 1.54) is 0 Å². The zero-order chi connectivity index (χ0) is 12.3. The molecule has 2 atom stereocenters. The van der Waals surface area contributed by atoms with Crippen molar-refractivity contribution in [1.29, 1.82) is 0 Å². The molecule has 0 spiro atoms. The van der Waals surface area contributed by atoms with Gasteiger partial charge in [0.1, 0.15) is 5.60 Å². The van der Waals surface area contributed by atoms with Gasteiger partial charge in [0.2, 0.25) is 0 Å². The molecular formula is C12H16F2O3. The van der Waals surface area contributed by atoms with Crippen LogP contribution in [0.1, 0.15) is 38.5 Å². The Morgan fingerprint density at radius 3 is 2.29 bits per heavy atom. The summed E-state index contributed by atoms with van der Waals surface area (Å²) < 4.78 is 29.6. The Morgan fingerprint density at radius 2 is 1.82 bits per heavy atom. The van der Waals surface area contributed by atoms with Gasteiger partial charge in [-0.1, -0.05) is 0 Å². The summed E-state index contributed by atoms with van der Waals surface area (Å²) in [6.07, 6.45) is 1.06. The summed E-state index contributed by atoms with van der Waals surface area (Å²) in [5, 5.41) is 10.3. The molecule has 0 saturated heterocycles. The highest BCUT2D eigenvalue weighted by atomic mass is 19.3. The lowest BCUT2D eigenvalue weighted by molar-refractivity contribution is -0.226. The summed E-state index contributed by atoms with van der Waals surface area (Å²) >= 11 is 0. The normalized spacial score (nSPS) is 47.5. The number of hydrogen-bond acceptors (Lipinski definition) is 3. The first-order chi connectivity index (χ1) is 7.90. The Labute approximate surface area is 98.1 Å². The van der Waals surface area contributed by atoms with Gasteiger partial charge in [-0.3, -0.25) is 0 Å². The van der Waals surface area contributed by atoms with Gasteiger partial charge < -0.3 is 9.84 Å². The summed E-state index contributed by atoms with van der Waals surface area (Å²) in [4.78, 5) is 11.1. The van der Waals surface area contributed by atoms with E-state index in [-0.39, 0.29) is 0 Å². The van der Waals surface area contributed by atoms with E-state index >= 15 is 0 Å².